The van der Waals surface area contributed by atoms with Crippen molar-refractivity contribution >= 4 is 45.2 Å². The minimum absolute atomic E-state index is 0.0702. The summed E-state index contributed by atoms with van der Waals surface area (Å²) in [6, 6.07) is 1.74. The Hall–Kier alpha value is -0.850. The Bertz CT molecular complexity index is 578. The maximum Gasteiger partial charge on any atom is 0.197 e. The van der Waals surface area contributed by atoms with Gasteiger partial charge in [0.2, 0.25) is 0 Å². The molecule has 0 radical (unpaired) electrons. The Morgan fingerprint density at radius 3 is 2.88 bits per heavy atom. The maximum absolute atomic E-state index is 8.99. The zero-order valence-corrected chi connectivity index (χ0v) is 11.7. The van der Waals surface area contributed by atoms with Crippen LogP contribution in [0.1, 0.15) is 6.92 Å². The fraction of sp³-hybridized carbons (Fsp3) is 0.364. The molecule has 17 heavy (non-hydrogen) atoms. The molecule has 0 unspecified atom stereocenters. The van der Waals surface area contributed by atoms with Gasteiger partial charge in [-0.3, -0.25) is 0 Å². The average molecular weight is 318 g/mol. The van der Waals surface area contributed by atoms with E-state index in [0.29, 0.717) is 28.1 Å². The van der Waals surface area contributed by atoms with Crippen LogP contribution in [0.15, 0.2) is 25.6 Å². The van der Waals surface area contributed by atoms with Crippen molar-refractivity contribution in [3.63, 3.8) is 0 Å². The smallest absolute Gasteiger partial charge is 0.197 e. The molecule has 0 atom stereocenters. The molecule has 2 aromatic heterocycles. The zero-order chi connectivity index (χ0) is 12.4. The fourth-order valence-electron chi connectivity index (χ4n) is 1.60. The summed E-state index contributed by atoms with van der Waals surface area (Å²) in [4.78, 5) is 1.91. The summed E-state index contributed by atoms with van der Waals surface area (Å²) in [5.74, 6) is 0.640. The predicted molar refractivity (Wildman–Crippen MR) is 72.0 cm³/mol. The molecule has 2 rings (SSSR count). The van der Waals surface area contributed by atoms with Gasteiger partial charge in [0.1, 0.15) is 6.26 Å². The number of fused-ring (bicyclic) bond motifs is 1. The molecule has 0 spiro atoms. The van der Waals surface area contributed by atoms with Gasteiger partial charge in [0.15, 0.2) is 17.1 Å². The monoisotopic (exact) mass is 317 g/mol. The van der Waals surface area contributed by atoms with Gasteiger partial charge in [0.05, 0.1) is 15.6 Å². The van der Waals surface area contributed by atoms with Gasteiger partial charge in [0.25, 0.3) is 0 Å². The van der Waals surface area contributed by atoms with Crippen LogP contribution >= 0.6 is 28.1 Å². The zero-order valence-electron chi connectivity index (χ0n) is 9.27. The van der Waals surface area contributed by atoms with Crippen LogP contribution < -0.4 is 4.90 Å². The highest BCUT2D eigenvalue weighted by atomic mass is 79.9. The number of aliphatic hydroxyl groups is 1. The minimum Gasteiger partial charge on any atom is -0.458 e. The van der Waals surface area contributed by atoms with E-state index < -0.39 is 0 Å². The van der Waals surface area contributed by atoms with Crippen LogP contribution in [0.4, 0.5) is 5.88 Å². The lowest BCUT2D eigenvalue weighted by Gasteiger charge is -2.19. The number of nitrogens with zero attached hydrogens (tertiary/aromatic N) is 1. The Kier molecular flexibility index (Phi) is 3.86. The first-order valence-electron chi connectivity index (χ1n) is 5.24. The minimum atomic E-state index is 0.0702. The Morgan fingerprint density at radius 1 is 1.47 bits per heavy atom. The van der Waals surface area contributed by atoms with Crippen LogP contribution in [0.5, 0.6) is 0 Å². The van der Waals surface area contributed by atoms with Gasteiger partial charge in [0, 0.05) is 19.2 Å². The summed E-state index contributed by atoms with van der Waals surface area (Å²) < 4.78 is 12.4. The lowest BCUT2D eigenvalue weighted by atomic mass is 10.4. The second-order valence-electron chi connectivity index (χ2n) is 3.49. The van der Waals surface area contributed by atoms with Gasteiger partial charge < -0.3 is 18.8 Å². The normalized spacial score (nSPS) is 11.0. The molecule has 0 saturated carbocycles. The lowest BCUT2D eigenvalue weighted by Crippen LogP contribution is -2.26. The highest BCUT2D eigenvalue weighted by molar-refractivity contribution is 9.10. The van der Waals surface area contributed by atoms with Crippen LogP contribution in [0, 0.1) is 4.51 Å². The Balaban J connectivity index is 2.55. The Morgan fingerprint density at radius 2 is 2.24 bits per heavy atom. The molecule has 4 nitrogen and oxygen atoms in total. The first-order valence-corrected chi connectivity index (χ1v) is 6.44. The highest BCUT2D eigenvalue weighted by Crippen LogP contribution is 2.31. The molecular weight excluding hydrogens is 306 g/mol. The largest absolute Gasteiger partial charge is 0.458 e. The number of hydrogen-bond acceptors (Lipinski definition) is 5. The molecule has 0 aliphatic carbocycles. The average Bonchev–Trinajstić information content (AvgIpc) is 2.69. The first-order chi connectivity index (χ1) is 8.17. The number of hydrogen-bond donors (Lipinski definition) is 1. The number of rotatable bonds is 4. The van der Waals surface area contributed by atoms with Crippen LogP contribution in [0.2, 0.25) is 0 Å². The summed E-state index contributed by atoms with van der Waals surface area (Å²) >= 11 is 8.59. The molecule has 0 saturated heterocycles. The van der Waals surface area contributed by atoms with Gasteiger partial charge in [-0.05, 0) is 22.9 Å². The first kappa shape index (κ1) is 12.6. The summed E-state index contributed by atoms with van der Waals surface area (Å²) in [7, 11) is 0. The molecular formula is C11H12BrNO3S. The molecule has 6 heteroatoms. The topological polar surface area (TPSA) is 49.8 Å². The van der Waals surface area contributed by atoms with E-state index >= 15 is 0 Å². The third-order valence-corrected chi connectivity index (χ3v) is 3.30. The SMILES string of the molecule is CCN(CCO)c1cc(=S)c2occ(Br)c2o1. The van der Waals surface area contributed by atoms with Crippen LogP contribution in [0.3, 0.4) is 0 Å². The van der Waals surface area contributed by atoms with E-state index in [9.17, 15) is 0 Å². The molecule has 0 fully saturated rings. The second kappa shape index (κ2) is 5.20. The van der Waals surface area contributed by atoms with E-state index in [0.717, 1.165) is 11.0 Å². The summed E-state index contributed by atoms with van der Waals surface area (Å²) in [5, 5.41) is 8.99. The Labute approximate surface area is 112 Å². The molecule has 0 aliphatic heterocycles. The van der Waals surface area contributed by atoms with Gasteiger partial charge in [-0.15, -0.1) is 0 Å². The third kappa shape index (κ3) is 2.38. The van der Waals surface area contributed by atoms with E-state index in [4.69, 9.17) is 26.2 Å². The second-order valence-corrected chi connectivity index (χ2v) is 4.79. The van der Waals surface area contributed by atoms with Crippen molar-refractivity contribution in [2.24, 2.45) is 0 Å². The lowest BCUT2D eigenvalue weighted by molar-refractivity contribution is 0.300. The van der Waals surface area contributed by atoms with E-state index in [1.165, 1.54) is 0 Å². The van der Waals surface area contributed by atoms with E-state index in [1.807, 2.05) is 11.8 Å². The summed E-state index contributed by atoms with van der Waals surface area (Å²) in [6.07, 6.45) is 1.55. The molecule has 2 aromatic rings. The van der Waals surface area contributed by atoms with E-state index in [2.05, 4.69) is 15.9 Å². The van der Waals surface area contributed by atoms with E-state index in [1.54, 1.807) is 12.3 Å². The van der Waals surface area contributed by atoms with Crippen molar-refractivity contribution in [3.8, 4) is 0 Å². The molecule has 0 amide bonds. The fourth-order valence-corrected chi connectivity index (χ4v) is 2.20. The van der Waals surface area contributed by atoms with Gasteiger partial charge >= 0.3 is 0 Å². The molecule has 92 valence electrons. The van der Waals surface area contributed by atoms with Crippen LogP contribution in [-0.4, -0.2) is 24.8 Å². The van der Waals surface area contributed by atoms with Gasteiger partial charge in [-0.2, -0.15) is 0 Å². The van der Waals surface area contributed by atoms with Crippen molar-refractivity contribution in [2.75, 3.05) is 24.6 Å². The molecule has 0 aromatic carbocycles. The third-order valence-electron chi connectivity index (χ3n) is 2.45. The standard InChI is InChI=1S/C11H12BrNO3S/c1-2-13(3-4-14)9-5-8(17)11-10(16-9)7(12)6-15-11/h5-6,14H,2-4H2,1H3. The van der Waals surface area contributed by atoms with Crippen molar-refractivity contribution in [1.82, 2.24) is 0 Å². The number of halogens is 1. The number of likely N-dealkylation sites (N-methyl/N-ethyl adjacent to an activating group) is 1. The molecule has 2 heterocycles. The summed E-state index contributed by atoms with van der Waals surface area (Å²) in [6.45, 7) is 3.30. The molecule has 1 N–H and O–H groups in total. The van der Waals surface area contributed by atoms with Crippen molar-refractivity contribution in [2.45, 2.75) is 6.92 Å². The predicted octanol–water partition coefficient (Wildman–Crippen LogP) is 3.34. The number of aliphatic hydroxyl groups excluding tert-OH is 1. The number of anilines is 1. The highest BCUT2D eigenvalue weighted by Gasteiger charge is 2.13. The van der Waals surface area contributed by atoms with Crippen molar-refractivity contribution in [3.05, 3.63) is 21.3 Å². The van der Waals surface area contributed by atoms with Crippen LogP contribution in [-0.2, 0) is 0 Å². The van der Waals surface area contributed by atoms with E-state index in [-0.39, 0.29) is 6.61 Å². The molecule has 0 bridgehead atoms. The quantitative estimate of drug-likeness (QED) is 0.876. The summed E-state index contributed by atoms with van der Waals surface area (Å²) in [5.41, 5.74) is 1.17. The van der Waals surface area contributed by atoms with Gasteiger partial charge in [-0.1, -0.05) is 12.2 Å². The number of furan rings is 1. The van der Waals surface area contributed by atoms with Crippen LogP contribution in [0.25, 0.3) is 11.2 Å². The maximum atomic E-state index is 8.99. The van der Waals surface area contributed by atoms with Gasteiger partial charge in [-0.25, -0.2) is 0 Å². The molecule has 0 aliphatic rings. The van der Waals surface area contributed by atoms with Crippen molar-refractivity contribution in [1.29, 1.82) is 0 Å². The van der Waals surface area contributed by atoms with Crippen molar-refractivity contribution < 1.29 is 13.9 Å².